The van der Waals surface area contributed by atoms with E-state index in [1.54, 1.807) is 0 Å². The van der Waals surface area contributed by atoms with E-state index in [1.165, 1.54) is 32.1 Å². The van der Waals surface area contributed by atoms with Gasteiger partial charge in [0, 0.05) is 13.2 Å². The van der Waals surface area contributed by atoms with E-state index in [0.29, 0.717) is 18.6 Å². The molecule has 0 aliphatic heterocycles. The van der Waals surface area contributed by atoms with E-state index in [1.807, 2.05) is 0 Å². The summed E-state index contributed by atoms with van der Waals surface area (Å²) < 4.78 is 10.1. The van der Waals surface area contributed by atoms with Gasteiger partial charge in [-0.05, 0) is 31.1 Å². The summed E-state index contributed by atoms with van der Waals surface area (Å²) in [5.41, 5.74) is 0.308. The lowest BCUT2D eigenvalue weighted by Crippen LogP contribution is -2.27. The second-order valence-corrected chi connectivity index (χ2v) is 4.64. The highest BCUT2D eigenvalue weighted by atomic mass is 16.6. The number of rotatable bonds is 8. The molecule has 0 unspecified atom stereocenters. The summed E-state index contributed by atoms with van der Waals surface area (Å²) in [5, 5.41) is 17.2. The van der Waals surface area contributed by atoms with Gasteiger partial charge >= 0.3 is 0 Å². The third-order valence-electron chi connectivity index (χ3n) is 3.65. The van der Waals surface area contributed by atoms with Crippen LogP contribution in [-0.4, -0.2) is 37.0 Å². The Hall–Kier alpha value is -0.160. The normalized spacial score (nSPS) is 19.9. The first kappa shape index (κ1) is 13.9. The molecule has 0 saturated heterocycles. The van der Waals surface area contributed by atoms with E-state index in [-0.39, 0.29) is 13.6 Å². The Morgan fingerprint density at radius 1 is 0.812 bits per heavy atom. The average molecular weight is 232 g/mol. The summed E-state index contributed by atoms with van der Waals surface area (Å²) in [6.07, 6.45) is 8.29. The van der Waals surface area contributed by atoms with E-state index in [4.69, 9.17) is 19.7 Å². The van der Waals surface area contributed by atoms with Gasteiger partial charge in [-0.25, -0.2) is 0 Å². The van der Waals surface area contributed by atoms with E-state index < -0.39 is 0 Å². The average Bonchev–Trinajstić information content (AvgIpc) is 2.31. The maximum absolute atomic E-state index is 8.61. The zero-order valence-corrected chi connectivity index (χ0v) is 9.99. The summed E-state index contributed by atoms with van der Waals surface area (Å²) in [5.74, 6) is 0. The molecule has 1 aliphatic rings. The summed E-state index contributed by atoms with van der Waals surface area (Å²) >= 11 is 0. The van der Waals surface area contributed by atoms with Crippen molar-refractivity contribution in [1.29, 1.82) is 0 Å². The Kier molecular flexibility index (Phi) is 6.96. The van der Waals surface area contributed by atoms with Gasteiger partial charge in [0.1, 0.15) is 13.6 Å². The highest BCUT2D eigenvalue weighted by molar-refractivity contribution is 4.82. The molecule has 1 rings (SSSR count). The Morgan fingerprint density at radius 2 is 1.31 bits per heavy atom. The first-order chi connectivity index (χ1) is 7.83. The van der Waals surface area contributed by atoms with Crippen molar-refractivity contribution in [2.75, 3.05) is 26.8 Å². The molecular formula is C12H24O4. The summed E-state index contributed by atoms with van der Waals surface area (Å²) in [4.78, 5) is 0. The van der Waals surface area contributed by atoms with Crippen LogP contribution in [0.15, 0.2) is 0 Å². The van der Waals surface area contributed by atoms with Gasteiger partial charge in [-0.3, -0.25) is 0 Å². The lowest BCUT2D eigenvalue weighted by Gasteiger charge is -2.37. The van der Waals surface area contributed by atoms with Gasteiger partial charge in [0.25, 0.3) is 0 Å². The number of hydrogen-bond acceptors (Lipinski definition) is 4. The largest absolute Gasteiger partial charge is 0.371 e. The van der Waals surface area contributed by atoms with Gasteiger partial charge in [0.2, 0.25) is 0 Å². The lowest BCUT2D eigenvalue weighted by atomic mass is 9.70. The Bertz CT molecular complexity index is 154. The number of ether oxygens (including phenoxy) is 2. The zero-order valence-electron chi connectivity index (χ0n) is 9.99. The second kappa shape index (κ2) is 8.01. The van der Waals surface area contributed by atoms with Crippen LogP contribution in [0.5, 0.6) is 0 Å². The molecule has 0 spiro atoms. The molecule has 16 heavy (non-hydrogen) atoms. The van der Waals surface area contributed by atoms with Crippen molar-refractivity contribution in [2.45, 2.75) is 44.9 Å². The van der Waals surface area contributed by atoms with Gasteiger partial charge in [-0.1, -0.05) is 19.3 Å². The molecule has 0 aromatic carbocycles. The molecule has 0 aromatic rings. The van der Waals surface area contributed by atoms with Crippen LogP contribution < -0.4 is 0 Å². The molecular weight excluding hydrogens is 208 g/mol. The van der Waals surface area contributed by atoms with Crippen LogP contribution in [0.4, 0.5) is 0 Å². The predicted molar refractivity (Wildman–Crippen MR) is 60.8 cm³/mol. The smallest absolute Gasteiger partial charge is 0.143 e. The maximum atomic E-state index is 8.61. The summed E-state index contributed by atoms with van der Waals surface area (Å²) in [6.45, 7) is 0.859. The predicted octanol–water partition coefficient (Wildman–Crippen LogP) is 1.65. The molecule has 0 bridgehead atoms. The molecule has 2 N–H and O–H groups in total. The first-order valence-electron chi connectivity index (χ1n) is 6.20. The van der Waals surface area contributed by atoms with Crippen LogP contribution in [0.1, 0.15) is 44.9 Å². The highest BCUT2D eigenvalue weighted by Gasteiger charge is 2.31. The maximum Gasteiger partial charge on any atom is 0.143 e. The Labute approximate surface area is 97.6 Å². The SMILES string of the molecule is OCOCCC1(CCOCO)CCCCC1. The fraction of sp³-hybridized carbons (Fsp3) is 1.00. The second-order valence-electron chi connectivity index (χ2n) is 4.64. The van der Waals surface area contributed by atoms with Crippen LogP contribution in [0.25, 0.3) is 0 Å². The van der Waals surface area contributed by atoms with Crippen LogP contribution in [0.3, 0.4) is 0 Å². The molecule has 0 amide bonds. The third kappa shape index (κ3) is 4.78. The monoisotopic (exact) mass is 232 g/mol. The minimum Gasteiger partial charge on any atom is -0.371 e. The number of aliphatic hydroxyl groups excluding tert-OH is 2. The quantitative estimate of drug-likeness (QED) is 0.493. The van der Waals surface area contributed by atoms with Crippen molar-refractivity contribution in [2.24, 2.45) is 5.41 Å². The fourth-order valence-corrected chi connectivity index (χ4v) is 2.63. The number of aliphatic hydroxyl groups is 2. The van der Waals surface area contributed by atoms with Gasteiger partial charge in [0.15, 0.2) is 0 Å². The molecule has 1 saturated carbocycles. The van der Waals surface area contributed by atoms with Crippen LogP contribution in [0, 0.1) is 5.41 Å². The molecule has 0 aromatic heterocycles. The zero-order chi connectivity index (χ0) is 11.7. The molecule has 4 heteroatoms. The van der Waals surface area contributed by atoms with Gasteiger partial charge < -0.3 is 19.7 Å². The minimum atomic E-state index is -0.191. The first-order valence-corrected chi connectivity index (χ1v) is 6.20. The van der Waals surface area contributed by atoms with Gasteiger partial charge in [0.05, 0.1) is 0 Å². The van der Waals surface area contributed by atoms with Crippen molar-refractivity contribution in [3.8, 4) is 0 Å². The molecule has 4 nitrogen and oxygen atoms in total. The van der Waals surface area contributed by atoms with Crippen LogP contribution in [0.2, 0.25) is 0 Å². The molecule has 0 radical (unpaired) electrons. The van der Waals surface area contributed by atoms with Crippen molar-refractivity contribution >= 4 is 0 Å². The third-order valence-corrected chi connectivity index (χ3v) is 3.65. The van der Waals surface area contributed by atoms with E-state index in [2.05, 4.69) is 0 Å². The van der Waals surface area contributed by atoms with E-state index in [9.17, 15) is 0 Å². The van der Waals surface area contributed by atoms with Crippen LogP contribution in [-0.2, 0) is 9.47 Å². The van der Waals surface area contributed by atoms with Crippen molar-refractivity contribution in [1.82, 2.24) is 0 Å². The van der Waals surface area contributed by atoms with Crippen molar-refractivity contribution < 1.29 is 19.7 Å². The summed E-state index contributed by atoms with van der Waals surface area (Å²) in [6, 6.07) is 0. The molecule has 1 fully saturated rings. The van der Waals surface area contributed by atoms with E-state index >= 15 is 0 Å². The van der Waals surface area contributed by atoms with Crippen LogP contribution >= 0.6 is 0 Å². The van der Waals surface area contributed by atoms with Gasteiger partial charge in [-0.15, -0.1) is 0 Å². The van der Waals surface area contributed by atoms with E-state index in [0.717, 1.165) is 12.8 Å². The van der Waals surface area contributed by atoms with Crippen molar-refractivity contribution in [3.05, 3.63) is 0 Å². The minimum absolute atomic E-state index is 0.191. The Morgan fingerprint density at radius 3 is 1.75 bits per heavy atom. The Balaban J connectivity index is 2.33. The fourth-order valence-electron chi connectivity index (χ4n) is 2.63. The topological polar surface area (TPSA) is 58.9 Å². The molecule has 0 heterocycles. The standard InChI is InChI=1S/C12H24O4/c13-10-15-8-6-12(7-9-16-11-14)4-2-1-3-5-12/h13-14H,1-11H2. The summed E-state index contributed by atoms with van der Waals surface area (Å²) in [7, 11) is 0. The molecule has 96 valence electrons. The molecule has 1 aliphatic carbocycles. The van der Waals surface area contributed by atoms with Crippen molar-refractivity contribution in [3.63, 3.8) is 0 Å². The number of hydrogen-bond donors (Lipinski definition) is 2. The van der Waals surface area contributed by atoms with Gasteiger partial charge in [-0.2, -0.15) is 0 Å². The lowest BCUT2D eigenvalue weighted by molar-refractivity contribution is -0.0393. The molecule has 0 atom stereocenters. The highest BCUT2D eigenvalue weighted by Crippen LogP contribution is 2.42.